The van der Waals surface area contributed by atoms with Crippen molar-refractivity contribution in [3.8, 4) is 0 Å². The molecule has 2 unspecified atom stereocenters. The quantitative estimate of drug-likeness (QED) is 0.657. The van der Waals surface area contributed by atoms with Gasteiger partial charge in [0.1, 0.15) is 6.61 Å². The van der Waals surface area contributed by atoms with Gasteiger partial charge in [-0.25, -0.2) is 9.69 Å². The Bertz CT molecular complexity index is 977. The number of rotatable bonds is 5. The van der Waals surface area contributed by atoms with Crippen LogP contribution in [0.4, 0.5) is 4.79 Å². The molecule has 2 heterocycles. The van der Waals surface area contributed by atoms with Crippen molar-refractivity contribution in [3.63, 3.8) is 0 Å². The maximum atomic E-state index is 13.4. The molecule has 5 rings (SSSR count). The van der Waals surface area contributed by atoms with Gasteiger partial charge < -0.3 is 4.74 Å². The number of carbonyl (C=O) groups excluding carboxylic acids is 2. The van der Waals surface area contributed by atoms with Crippen LogP contribution in [-0.4, -0.2) is 34.5 Å². The van der Waals surface area contributed by atoms with Crippen LogP contribution in [0.2, 0.25) is 0 Å². The van der Waals surface area contributed by atoms with E-state index in [0.717, 1.165) is 24.1 Å². The highest BCUT2D eigenvalue weighted by Crippen LogP contribution is 2.54. The highest BCUT2D eigenvalue weighted by atomic mass is 16.6. The molecule has 3 aliphatic rings. The van der Waals surface area contributed by atoms with Crippen LogP contribution >= 0.6 is 0 Å². The van der Waals surface area contributed by atoms with Gasteiger partial charge in [0.15, 0.2) is 0 Å². The summed E-state index contributed by atoms with van der Waals surface area (Å²) in [5, 5.41) is 0. The number of amides is 2. The molecule has 0 spiro atoms. The maximum Gasteiger partial charge on any atom is 0.416 e. The number of aromatic nitrogens is 1. The van der Waals surface area contributed by atoms with Crippen LogP contribution in [0, 0.1) is 30.6 Å². The van der Waals surface area contributed by atoms with Crippen molar-refractivity contribution in [1.29, 1.82) is 0 Å². The summed E-state index contributed by atoms with van der Waals surface area (Å²) >= 11 is 0. The predicted molar refractivity (Wildman–Crippen MR) is 122 cm³/mol. The van der Waals surface area contributed by atoms with E-state index in [1.54, 1.807) is 0 Å². The molecule has 3 fully saturated rings. The number of nitrogens with zero attached hydrogens (tertiary/aromatic N) is 2. The van der Waals surface area contributed by atoms with Crippen molar-refractivity contribution >= 4 is 12.0 Å². The molecule has 6 atom stereocenters. The zero-order valence-electron chi connectivity index (χ0n) is 18.9. The molecule has 1 aliphatic heterocycles. The molecular weight excluding hydrogens is 400 g/mol. The van der Waals surface area contributed by atoms with Crippen LogP contribution in [0.3, 0.4) is 0 Å². The molecule has 5 heteroatoms. The van der Waals surface area contributed by atoms with E-state index in [4.69, 9.17) is 4.74 Å². The minimum Gasteiger partial charge on any atom is -0.447 e. The van der Waals surface area contributed by atoms with E-state index in [0.29, 0.717) is 30.1 Å². The molecule has 1 aromatic carbocycles. The zero-order valence-corrected chi connectivity index (χ0v) is 18.9. The maximum absolute atomic E-state index is 13.4. The van der Waals surface area contributed by atoms with E-state index >= 15 is 0 Å². The Morgan fingerprint density at radius 3 is 2.53 bits per heavy atom. The summed E-state index contributed by atoms with van der Waals surface area (Å²) in [6, 6.07) is 14.2. The molecule has 2 amide bonds. The molecule has 2 saturated carbocycles. The second kappa shape index (κ2) is 8.68. The number of cyclic esters (lactones) is 1. The van der Waals surface area contributed by atoms with Crippen molar-refractivity contribution in [2.45, 2.75) is 57.9 Å². The summed E-state index contributed by atoms with van der Waals surface area (Å²) in [4.78, 5) is 31.6. The number of hydrogen-bond acceptors (Lipinski definition) is 4. The standard InChI is InChI=1S/C27H32N2O3/c1-17-10-20(8-9-28-17)22-14-23-12-21(13-24(23)15-22)18(2)26(30)29-25(16-32-27(29)31)11-19-6-4-3-5-7-19/h3-10,18,21-25H,11-16H2,1-2H3/t18-,21?,22?,23-,24+,25-/m1/s1. The number of ether oxygens (including phenoxy) is 1. The van der Waals surface area contributed by atoms with Crippen LogP contribution < -0.4 is 0 Å². The van der Waals surface area contributed by atoms with E-state index < -0.39 is 6.09 Å². The Labute approximate surface area is 190 Å². The van der Waals surface area contributed by atoms with E-state index in [2.05, 4.69) is 24.0 Å². The number of imide groups is 1. The SMILES string of the molecule is Cc1cc(C2C[C@@H]3CC([C@@H](C)C(=O)N4C(=O)OC[C@H]4Cc4ccccc4)C[C@@H]3C2)ccn1. The fourth-order valence-corrected chi connectivity index (χ4v) is 6.35. The van der Waals surface area contributed by atoms with Crippen molar-refractivity contribution in [1.82, 2.24) is 9.88 Å². The molecule has 0 bridgehead atoms. The summed E-state index contributed by atoms with van der Waals surface area (Å²) in [6.07, 6.45) is 6.67. The van der Waals surface area contributed by atoms with Gasteiger partial charge in [0.2, 0.25) is 5.91 Å². The number of pyridine rings is 1. The number of aryl methyl sites for hydroxylation is 1. The third-order valence-electron chi connectivity index (χ3n) is 8.05. The molecule has 5 nitrogen and oxygen atoms in total. The first-order valence-electron chi connectivity index (χ1n) is 12.0. The van der Waals surface area contributed by atoms with Gasteiger partial charge in [0.25, 0.3) is 0 Å². The zero-order chi connectivity index (χ0) is 22.2. The average molecular weight is 433 g/mol. The molecule has 168 valence electrons. The number of carbonyl (C=O) groups is 2. The van der Waals surface area contributed by atoms with Crippen LogP contribution in [0.1, 0.15) is 55.3 Å². The first-order valence-corrected chi connectivity index (χ1v) is 12.0. The lowest BCUT2D eigenvalue weighted by Gasteiger charge is -2.27. The lowest BCUT2D eigenvalue weighted by atomic mass is 9.86. The van der Waals surface area contributed by atoms with Crippen LogP contribution in [-0.2, 0) is 16.0 Å². The fraction of sp³-hybridized carbons (Fsp3) is 0.519. The Hall–Kier alpha value is -2.69. The fourth-order valence-electron chi connectivity index (χ4n) is 6.35. The first-order chi connectivity index (χ1) is 15.5. The first kappa shape index (κ1) is 21.2. The minimum atomic E-state index is -0.478. The smallest absolute Gasteiger partial charge is 0.416 e. The van der Waals surface area contributed by atoms with E-state index in [9.17, 15) is 9.59 Å². The average Bonchev–Trinajstić information content (AvgIpc) is 3.47. The molecule has 1 aromatic heterocycles. The molecule has 0 N–H and O–H groups in total. The predicted octanol–water partition coefficient (Wildman–Crippen LogP) is 5.14. The number of benzene rings is 1. The Morgan fingerprint density at radius 2 is 1.84 bits per heavy atom. The second-order valence-electron chi connectivity index (χ2n) is 10.1. The van der Waals surface area contributed by atoms with Crippen molar-refractivity contribution < 1.29 is 14.3 Å². The summed E-state index contributed by atoms with van der Waals surface area (Å²) < 4.78 is 5.29. The number of hydrogen-bond donors (Lipinski definition) is 0. The largest absolute Gasteiger partial charge is 0.447 e. The van der Waals surface area contributed by atoms with Gasteiger partial charge in [-0.2, -0.15) is 0 Å². The second-order valence-corrected chi connectivity index (χ2v) is 10.1. The molecule has 1 saturated heterocycles. The van der Waals surface area contributed by atoms with Gasteiger partial charge in [-0.1, -0.05) is 37.3 Å². The van der Waals surface area contributed by atoms with Crippen molar-refractivity contribution in [2.75, 3.05) is 6.61 Å². The van der Waals surface area contributed by atoms with Crippen LogP contribution in [0.15, 0.2) is 48.7 Å². The highest BCUT2D eigenvalue weighted by Gasteiger charge is 2.47. The summed E-state index contributed by atoms with van der Waals surface area (Å²) in [6.45, 7) is 4.36. The Morgan fingerprint density at radius 1 is 1.12 bits per heavy atom. The van der Waals surface area contributed by atoms with Gasteiger partial charge in [-0.15, -0.1) is 0 Å². The molecule has 0 radical (unpaired) electrons. The number of fused-ring (bicyclic) bond motifs is 1. The minimum absolute atomic E-state index is 0.0558. The Kier molecular flexibility index (Phi) is 5.75. The van der Waals surface area contributed by atoms with Crippen molar-refractivity contribution in [3.05, 3.63) is 65.5 Å². The summed E-state index contributed by atoms with van der Waals surface area (Å²) in [5.41, 5.74) is 3.62. The monoisotopic (exact) mass is 432 g/mol. The van der Waals surface area contributed by atoms with E-state index in [1.165, 1.54) is 23.3 Å². The Balaban J connectivity index is 1.22. The summed E-state index contributed by atoms with van der Waals surface area (Å²) in [7, 11) is 0. The van der Waals surface area contributed by atoms with E-state index in [-0.39, 0.29) is 24.5 Å². The van der Waals surface area contributed by atoms with Crippen LogP contribution in [0.5, 0.6) is 0 Å². The van der Waals surface area contributed by atoms with Gasteiger partial charge in [-0.3, -0.25) is 9.78 Å². The van der Waals surface area contributed by atoms with E-state index in [1.807, 2.05) is 43.5 Å². The topological polar surface area (TPSA) is 59.5 Å². The lowest BCUT2D eigenvalue weighted by Crippen LogP contribution is -2.44. The molecular formula is C27H32N2O3. The molecule has 2 aliphatic carbocycles. The van der Waals surface area contributed by atoms with Crippen molar-refractivity contribution in [2.24, 2.45) is 23.7 Å². The molecule has 2 aromatic rings. The third kappa shape index (κ3) is 4.05. The van der Waals surface area contributed by atoms with Gasteiger partial charge in [-0.05, 0) is 86.0 Å². The van der Waals surface area contributed by atoms with Gasteiger partial charge in [0.05, 0.1) is 6.04 Å². The third-order valence-corrected chi connectivity index (χ3v) is 8.05. The lowest BCUT2D eigenvalue weighted by molar-refractivity contribution is -0.134. The molecule has 32 heavy (non-hydrogen) atoms. The normalized spacial score (nSPS) is 30.2. The highest BCUT2D eigenvalue weighted by molar-refractivity contribution is 5.94. The van der Waals surface area contributed by atoms with Crippen LogP contribution in [0.25, 0.3) is 0 Å². The van der Waals surface area contributed by atoms with Gasteiger partial charge >= 0.3 is 6.09 Å². The summed E-state index contributed by atoms with van der Waals surface area (Å²) in [5.74, 6) is 2.12. The van der Waals surface area contributed by atoms with Gasteiger partial charge in [0, 0.05) is 17.8 Å².